The van der Waals surface area contributed by atoms with Gasteiger partial charge in [-0.15, -0.1) is 0 Å². The van der Waals surface area contributed by atoms with Gasteiger partial charge in [-0.1, -0.05) is 23.2 Å². The second-order valence-corrected chi connectivity index (χ2v) is 4.38. The van der Waals surface area contributed by atoms with Crippen molar-refractivity contribution in [2.75, 3.05) is 13.1 Å². The Bertz CT molecular complexity index is 239. The lowest BCUT2D eigenvalue weighted by atomic mass is 10.0. The second kappa shape index (κ2) is 5.59. The Morgan fingerprint density at radius 1 is 1.64 bits per heavy atom. The van der Waals surface area contributed by atoms with Crippen LogP contribution in [-0.4, -0.2) is 25.0 Å². The Labute approximate surface area is 93.8 Å². The van der Waals surface area contributed by atoms with Crippen LogP contribution in [0.2, 0.25) is 0 Å². The average Bonchev–Trinajstić information content (AvgIpc) is 2.50. The molecule has 1 fully saturated rings. The topological polar surface area (TPSA) is 41.1 Å². The van der Waals surface area contributed by atoms with E-state index in [0.29, 0.717) is 6.54 Å². The summed E-state index contributed by atoms with van der Waals surface area (Å²) in [5, 5.41) is 5.98. The first-order valence-corrected chi connectivity index (χ1v) is 5.39. The highest BCUT2D eigenvalue weighted by molar-refractivity contribution is 6.55. The van der Waals surface area contributed by atoms with Crippen LogP contribution < -0.4 is 10.6 Å². The minimum Gasteiger partial charge on any atom is -0.352 e. The third kappa shape index (κ3) is 3.48. The van der Waals surface area contributed by atoms with E-state index in [4.69, 9.17) is 23.2 Å². The van der Waals surface area contributed by atoms with E-state index >= 15 is 0 Å². The van der Waals surface area contributed by atoms with Gasteiger partial charge in [0.15, 0.2) is 0 Å². The van der Waals surface area contributed by atoms with Crippen LogP contribution in [0, 0.1) is 5.92 Å². The molecule has 1 aliphatic rings. The number of hydrogen-bond donors (Lipinski definition) is 2. The van der Waals surface area contributed by atoms with Gasteiger partial charge in [0, 0.05) is 12.6 Å². The molecule has 0 saturated carbocycles. The van der Waals surface area contributed by atoms with Crippen molar-refractivity contribution >= 4 is 29.1 Å². The van der Waals surface area contributed by atoms with Crippen LogP contribution in [0.25, 0.3) is 0 Å². The lowest BCUT2D eigenvalue weighted by Gasteiger charge is -2.13. The largest absolute Gasteiger partial charge is 0.352 e. The zero-order chi connectivity index (χ0) is 10.6. The van der Waals surface area contributed by atoms with E-state index in [1.165, 1.54) is 0 Å². The summed E-state index contributed by atoms with van der Waals surface area (Å²) in [6.07, 6.45) is 2.46. The number of halogens is 2. The van der Waals surface area contributed by atoms with Gasteiger partial charge in [-0.2, -0.15) is 0 Å². The lowest BCUT2D eigenvalue weighted by molar-refractivity contribution is -0.124. The van der Waals surface area contributed by atoms with E-state index in [0.717, 1.165) is 13.0 Å². The predicted octanol–water partition coefficient (Wildman–Crippen LogP) is 1.42. The van der Waals surface area contributed by atoms with Crippen molar-refractivity contribution < 1.29 is 4.79 Å². The summed E-state index contributed by atoms with van der Waals surface area (Å²) in [4.78, 5) is 11.6. The summed E-state index contributed by atoms with van der Waals surface area (Å²) < 4.78 is 0.183. The quantitative estimate of drug-likeness (QED) is 0.779. The monoisotopic (exact) mass is 236 g/mol. The van der Waals surface area contributed by atoms with E-state index in [-0.39, 0.29) is 22.4 Å². The molecule has 0 aliphatic carbocycles. The van der Waals surface area contributed by atoms with Gasteiger partial charge < -0.3 is 10.6 Å². The molecule has 0 aromatic rings. The number of hydrogen-bond acceptors (Lipinski definition) is 2. The number of amides is 1. The van der Waals surface area contributed by atoms with Crippen molar-refractivity contribution in [3.63, 3.8) is 0 Å². The molecule has 14 heavy (non-hydrogen) atoms. The van der Waals surface area contributed by atoms with Gasteiger partial charge in [-0.25, -0.2) is 0 Å². The molecule has 1 amide bonds. The average molecular weight is 237 g/mol. The predicted molar refractivity (Wildman–Crippen MR) is 58.4 cm³/mol. The zero-order valence-electron chi connectivity index (χ0n) is 8.02. The highest BCUT2D eigenvalue weighted by atomic mass is 35.5. The van der Waals surface area contributed by atoms with E-state index in [1.807, 2.05) is 6.92 Å². The Morgan fingerprint density at radius 2 is 2.36 bits per heavy atom. The third-order valence-electron chi connectivity index (χ3n) is 2.39. The molecule has 1 heterocycles. The molecule has 0 aromatic carbocycles. The van der Waals surface area contributed by atoms with E-state index in [9.17, 15) is 4.79 Å². The zero-order valence-corrected chi connectivity index (χ0v) is 9.53. The summed E-state index contributed by atoms with van der Waals surface area (Å²) in [5.74, 6) is 0.130. The van der Waals surface area contributed by atoms with Crippen LogP contribution in [0.3, 0.4) is 0 Å². The minimum absolute atomic E-state index is 0.0633. The fourth-order valence-electron chi connectivity index (χ4n) is 1.58. The van der Waals surface area contributed by atoms with Crippen molar-refractivity contribution in [3.8, 4) is 0 Å². The van der Waals surface area contributed by atoms with Crippen molar-refractivity contribution in [2.45, 2.75) is 19.4 Å². The SMILES string of the molecule is CC1NCCC1C(=O)NCC=C(Cl)Cl. The molecule has 1 rings (SSSR count). The van der Waals surface area contributed by atoms with Gasteiger partial charge in [0.1, 0.15) is 4.49 Å². The summed E-state index contributed by atoms with van der Waals surface area (Å²) in [7, 11) is 0. The van der Waals surface area contributed by atoms with Crippen LogP contribution in [0.1, 0.15) is 13.3 Å². The van der Waals surface area contributed by atoms with Gasteiger partial charge in [0.25, 0.3) is 0 Å². The molecular weight excluding hydrogens is 223 g/mol. The maximum atomic E-state index is 11.6. The minimum atomic E-state index is 0.0633. The van der Waals surface area contributed by atoms with Crippen molar-refractivity contribution in [2.24, 2.45) is 5.92 Å². The van der Waals surface area contributed by atoms with Gasteiger partial charge in [-0.05, 0) is 26.0 Å². The smallest absolute Gasteiger partial charge is 0.224 e. The standard InChI is InChI=1S/C9H14Cl2N2O/c1-6-7(2-4-12-6)9(14)13-5-3-8(10)11/h3,6-7,12H,2,4-5H2,1H3,(H,13,14). The molecule has 2 N–H and O–H groups in total. The molecule has 2 atom stereocenters. The number of rotatable bonds is 3. The molecule has 1 aliphatic heterocycles. The highest BCUT2D eigenvalue weighted by Gasteiger charge is 2.28. The van der Waals surface area contributed by atoms with Crippen molar-refractivity contribution in [1.82, 2.24) is 10.6 Å². The van der Waals surface area contributed by atoms with Gasteiger partial charge in [-0.3, -0.25) is 4.79 Å². The summed E-state index contributed by atoms with van der Waals surface area (Å²) >= 11 is 10.8. The second-order valence-electron chi connectivity index (χ2n) is 3.38. The van der Waals surface area contributed by atoms with Crippen molar-refractivity contribution in [1.29, 1.82) is 0 Å². The Morgan fingerprint density at radius 3 is 2.86 bits per heavy atom. The van der Waals surface area contributed by atoms with E-state index in [1.54, 1.807) is 6.08 Å². The van der Waals surface area contributed by atoms with Gasteiger partial charge in [0.2, 0.25) is 5.91 Å². The number of nitrogens with one attached hydrogen (secondary N) is 2. The Balaban J connectivity index is 2.31. The third-order valence-corrected chi connectivity index (χ3v) is 2.70. The van der Waals surface area contributed by atoms with E-state index < -0.39 is 0 Å². The molecular formula is C9H14Cl2N2O. The first-order chi connectivity index (χ1) is 6.61. The summed E-state index contributed by atoms with van der Waals surface area (Å²) in [6.45, 7) is 3.32. The first kappa shape index (κ1) is 11.8. The van der Waals surface area contributed by atoms with Gasteiger partial charge in [0.05, 0.1) is 5.92 Å². The molecule has 0 spiro atoms. The Hall–Kier alpha value is -0.250. The Kier molecular flexibility index (Phi) is 4.72. The fourth-order valence-corrected chi connectivity index (χ4v) is 1.73. The van der Waals surface area contributed by atoms with Crippen LogP contribution in [0.15, 0.2) is 10.6 Å². The molecule has 1 saturated heterocycles. The van der Waals surface area contributed by atoms with Crippen molar-refractivity contribution in [3.05, 3.63) is 10.6 Å². The van der Waals surface area contributed by atoms with Crippen LogP contribution in [0.4, 0.5) is 0 Å². The normalized spacial score (nSPS) is 25.9. The van der Waals surface area contributed by atoms with Crippen LogP contribution in [0.5, 0.6) is 0 Å². The maximum absolute atomic E-state index is 11.6. The van der Waals surface area contributed by atoms with E-state index in [2.05, 4.69) is 10.6 Å². The lowest BCUT2D eigenvalue weighted by Crippen LogP contribution is -2.36. The molecule has 3 nitrogen and oxygen atoms in total. The summed E-state index contributed by atoms with van der Waals surface area (Å²) in [6, 6.07) is 0.255. The summed E-state index contributed by atoms with van der Waals surface area (Å²) in [5.41, 5.74) is 0. The molecule has 80 valence electrons. The highest BCUT2D eigenvalue weighted by Crippen LogP contribution is 2.14. The number of carbonyl (C=O) groups excluding carboxylic acids is 1. The molecule has 5 heteroatoms. The maximum Gasteiger partial charge on any atom is 0.224 e. The molecule has 0 radical (unpaired) electrons. The van der Waals surface area contributed by atoms with Gasteiger partial charge >= 0.3 is 0 Å². The fraction of sp³-hybridized carbons (Fsp3) is 0.667. The molecule has 0 bridgehead atoms. The molecule has 2 unspecified atom stereocenters. The van der Waals surface area contributed by atoms with Crippen LogP contribution >= 0.6 is 23.2 Å². The number of carbonyl (C=O) groups is 1. The molecule has 0 aromatic heterocycles. The first-order valence-electron chi connectivity index (χ1n) is 4.63. The van der Waals surface area contributed by atoms with Crippen LogP contribution in [-0.2, 0) is 4.79 Å².